The zero-order chi connectivity index (χ0) is 12.6. The Bertz CT molecular complexity index is 527. The molecular formula is C12H10F3NS. The fourth-order valence-electron chi connectivity index (χ4n) is 1.54. The van der Waals surface area contributed by atoms with Gasteiger partial charge in [0.05, 0.1) is 6.04 Å². The van der Waals surface area contributed by atoms with Gasteiger partial charge in [-0.3, -0.25) is 0 Å². The first-order valence-electron chi connectivity index (χ1n) is 4.95. The monoisotopic (exact) mass is 257 g/mol. The third-order valence-electron chi connectivity index (χ3n) is 2.43. The topological polar surface area (TPSA) is 26.0 Å². The van der Waals surface area contributed by atoms with Crippen LogP contribution in [0.5, 0.6) is 0 Å². The van der Waals surface area contributed by atoms with Crippen molar-refractivity contribution in [1.82, 2.24) is 0 Å². The first-order valence-corrected chi connectivity index (χ1v) is 5.77. The number of hydrogen-bond acceptors (Lipinski definition) is 2. The van der Waals surface area contributed by atoms with Crippen LogP contribution in [0.1, 0.15) is 21.4 Å². The number of rotatable bonds is 2. The van der Waals surface area contributed by atoms with E-state index in [0.717, 1.165) is 21.9 Å². The molecule has 0 aliphatic carbocycles. The number of hydrogen-bond donors (Lipinski definition) is 1. The Morgan fingerprint density at radius 2 is 1.71 bits per heavy atom. The highest BCUT2D eigenvalue weighted by Crippen LogP contribution is 2.27. The largest absolute Gasteiger partial charge is 0.320 e. The van der Waals surface area contributed by atoms with E-state index in [9.17, 15) is 13.2 Å². The summed E-state index contributed by atoms with van der Waals surface area (Å²) >= 11 is 1.44. The number of halogens is 3. The molecule has 1 nitrogen and oxygen atoms in total. The molecule has 5 heteroatoms. The second-order valence-electron chi connectivity index (χ2n) is 3.72. The van der Waals surface area contributed by atoms with Gasteiger partial charge in [0.1, 0.15) is 0 Å². The van der Waals surface area contributed by atoms with E-state index >= 15 is 0 Å². The van der Waals surface area contributed by atoms with Crippen LogP contribution in [-0.4, -0.2) is 0 Å². The molecule has 1 unspecified atom stereocenters. The van der Waals surface area contributed by atoms with Crippen LogP contribution >= 0.6 is 11.3 Å². The van der Waals surface area contributed by atoms with Gasteiger partial charge in [0.25, 0.3) is 0 Å². The highest BCUT2D eigenvalue weighted by Gasteiger charge is 2.16. The molecule has 90 valence electrons. The lowest BCUT2D eigenvalue weighted by molar-refractivity contribution is 0.444. The van der Waals surface area contributed by atoms with Gasteiger partial charge in [-0.25, -0.2) is 13.2 Å². The molecule has 2 rings (SSSR count). The predicted octanol–water partition coefficient (Wildman–Crippen LogP) is 3.52. The molecule has 2 N–H and O–H groups in total. The van der Waals surface area contributed by atoms with E-state index in [0.29, 0.717) is 0 Å². The number of thiophene rings is 1. The van der Waals surface area contributed by atoms with E-state index in [1.54, 1.807) is 6.07 Å². The molecule has 1 heterocycles. The molecule has 0 aliphatic heterocycles. The normalized spacial score (nSPS) is 12.8. The summed E-state index contributed by atoms with van der Waals surface area (Å²) in [6.07, 6.45) is 0. The third kappa shape index (κ3) is 2.35. The van der Waals surface area contributed by atoms with Crippen molar-refractivity contribution < 1.29 is 13.2 Å². The molecule has 2 aromatic rings. The van der Waals surface area contributed by atoms with Crippen molar-refractivity contribution >= 4 is 11.3 Å². The van der Waals surface area contributed by atoms with Crippen molar-refractivity contribution in [3.63, 3.8) is 0 Å². The van der Waals surface area contributed by atoms with Crippen LogP contribution in [0.25, 0.3) is 0 Å². The minimum atomic E-state index is -1.47. The molecule has 0 fully saturated rings. The lowest BCUT2D eigenvalue weighted by Gasteiger charge is -2.10. The summed E-state index contributed by atoms with van der Waals surface area (Å²) in [5.41, 5.74) is 6.10. The average molecular weight is 257 g/mol. The molecule has 0 saturated carbocycles. The van der Waals surface area contributed by atoms with Crippen molar-refractivity contribution in [2.75, 3.05) is 0 Å². The Kier molecular flexibility index (Phi) is 3.22. The molecule has 0 radical (unpaired) electrons. The van der Waals surface area contributed by atoms with Crippen LogP contribution in [0.4, 0.5) is 13.2 Å². The molecule has 17 heavy (non-hydrogen) atoms. The summed E-state index contributed by atoms with van der Waals surface area (Å²) in [5, 5.41) is 0. The SMILES string of the molecule is Cc1ccc(C(N)c2cc(F)c(F)c(F)c2)s1. The van der Waals surface area contributed by atoms with Gasteiger partial charge >= 0.3 is 0 Å². The first-order chi connectivity index (χ1) is 7.99. The van der Waals surface area contributed by atoms with Gasteiger partial charge in [0.15, 0.2) is 17.5 Å². The summed E-state index contributed by atoms with van der Waals surface area (Å²) in [7, 11) is 0. The minimum Gasteiger partial charge on any atom is -0.320 e. The average Bonchev–Trinajstić information content (AvgIpc) is 2.71. The first kappa shape index (κ1) is 12.1. The van der Waals surface area contributed by atoms with Crippen molar-refractivity contribution in [2.24, 2.45) is 5.73 Å². The lowest BCUT2D eigenvalue weighted by atomic mass is 10.1. The van der Waals surface area contributed by atoms with E-state index < -0.39 is 23.5 Å². The Hall–Kier alpha value is -1.33. The second-order valence-corrected chi connectivity index (χ2v) is 5.04. The Labute approximate surface area is 101 Å². The zero-order valence-electron chi connectivity index (χ0n) is 9.01. The van der Waals surface area contributed by atoms with Gasteiger partial charge in [-0.2, -0.15) is 0 Å². The van der Waals surface area contributed by atoms with Crippen LogP contribution in [0.3, 0.4) is 0 Å². The number of aryl methyl sites for hydroxylation is 1. The molecule has 1 aromatic heterocycles. The molecule has 0 amide bonds. The number of nitrogens with two attached hydrogens (primary N) is 1. The number of benzene rings is 1. The van der Waals surface area contributed by atoms with Gasteiger partial charge in [-0.05, 0) is 36.8 Å². The zero-order valence-corrected chi connectivity index (χ0v) is 9.82. The van der Waals surface area contributed by atoms with E-state index in [2.05, 4.69) is 0 Å². The highest BCUT2D eigenvalue weighted by molar-refractivity contribution is 7.12. The maximum absolute atomic E-state index is 13.1. The Balaban J connectivity index is 2.41. The van der Waals surface area contributed by atoms with Crippen LogP contribution in [-0.2, 0) is 0 Å². The quantitative estimate of drug-likeness (QED) is 0.818. The van der Waals surface area contributed by atoms with E-state index in [4.69, 9.17) is 5.73 Å². The predicted molar refractivity (Wildman–Crippen MR) is 61.4 cm³/mol. The molecule has 0 saturated heterocycles. The van der Waals surface area contributed by atoms with Gasteiger partial charge in [0.2, 0.25) is 0 Å². The van der Waals surface area contributed by atoms with Crippen LogP contribution in [0.2, 0.25) is 0 Å². The summed E-state index contributed by atoms with van der Waals surface area (Å²) in [6.45, 7) is 1.91. The molecule has 0 aliphatic rings. The molecule has 1 aromatic carbocycles. The third-order valence-corrected chi connectivity index (χ3v) is 3.52. The van der Waals surface area contributed by atoms with Crippen molar-refractivity contribution in [1.29, 1.82) is 0 Å². The maximum atomic E-state index is 13.1. The van der Waals surface area contributed by atoms with Crippen molar-refractivity contribution in [3.05, 3.63) is 57.0 Å². The summed E-state index contributed by atoms with van der Waals surface area (Å²) in [4.78, 5) is 1.84. The molecule has 1 atom stereocenters. The van der Waals surface area contributed by atoms with Crippen molar-refractivity contribution in [2.45, 2.75) is 13.0 Å². The van der Waals surface area contributed by atoms with Gasteiger partial charge < -0.3 is 5.73 Å². The molecule has 0 spiro atoms. The molecule has 0 bridgehead atoms. The fraction of sp³-hybridized carbons (Fsp3) is 0.167. The fourth-order valence-corrected chi connectivity index (χ4v) is 2.45. The Morgan fingerprint density at radius 3 is 2.18 bits per heavy atom. The smallest absolute Gasteiger partial charge is 0.194 e. The minimum absolute atomic E-state index is 0.225. The van der Waals surface area contributed by atoms with Gasteiger partial charge in [0, 0.05) is 9.75 Å². The van der Waals surface area contributed by atoms with E-state index in [1.165, 1.54) is 11.3 Å². The van der Waals surface area contributed by atoms with Crippen LogP contribution < -0.4 is 5.73 Å². The second kappa shape index (κ2) is 4.50. The summed E-state index contributed by atoms with van der Waals surface area (Å²) in [5.74, 6) is -3.91. The van der Waals surface area contributed by atoms with Gasteiger partial charge in [-0.1, -0.05) is 0 Å². The highest BCUT2D eigenvalue weighted by atomic mass is 32.1. The Morgan fingerprint density at radius 1 is 1.12 bits per heavy atom. The van der Waals surface area contributed by atoms with Crippen molar-refractivity contribution in [3.8, 4) is 0 Å². The van der Waals surface area contributed by atoms with E-state index in [1.807, 2.05) is 13.0 Å². The molecular weight excluding hydrogens is 247 g/mol. The maximum Gasteiger partial charge on any atom is 0.194 e. The standard InChI is InChI=1S/C12H10F3NS/c1-6-2-3-10(17-6)12(16)7-4-8(13)11(15)9(14)5-7/h2-5,12H,16H2,1H3. The van der Waals surface area contributed by atoms with Crippen LogP contribution in [0, 0.1) is 24.4 Å². The van der Waals surface area contributed by atoms with Crippen LogP contribution in [0.15, 0.2) is 24.3 Å². The summed E-state index contributed by atoms with van der Waals surface area (Å²) < 4.78 is 38.9. The lowest BCUT2D eigenvalue weighted by Crippen LogP contribution is -2.11. The van der Waals surface area contributed by atoms with Gasteiger partial charge in [-0.15, -0.1) is 11.3 Å². The van der Waals surface area contributed by atoms with E-state index in [-0.39, 0.29) is 5.56 Å². The summed E-state index contributed by atoms with van der Waals surface area (Å²) in [6, 6.07) is 4.88.